The summed E-state index contributed by atoms with van der Waals surface area (Å²) in [4.78, 5) is 30.1. The summed E-state index contributed by atoms with van der Waals surface area (Å²) in [5.74, 6) is -1.52. The fourth-order valence-corrected chi connectivity index (χ4v) is 1.84. The van der Waals surface area contributed by atoms with E-state index >= 15 is 0 Å². The van der Waals surface area contributed by atoms with Crippen molar-refractivity contribution in [2.45, 2.75) is 6.54 Å². The van der Waals surface area contributed by atoms with E-state index in [0.29, 0.717) is 6.54 Å². The Morgan fingerprint density at radius 2 is 2.22 bits per heavy atom. The van der Waals surface area contributed by atoms with Crippen LogP contribution in [0.3, 0.4) is 0 Å². The number of nitrogens with one attached hydrogen (secondary N) is 1. The third-order valence-corrected chi connectivity index (χ3v) is 2.79. The second-order valence-corrected chi connectivity index (χ2v) is 4.12. The van der Waals surface area contributed by atoms with E-state index in [9.17, 15) is 9.59 Å². The lowest BCUT2D eigenvalue weighted by atomic mass is 10.2. The first kappa shape index (κ1) is 12.2. The Labute approximate surface area is 106 Å². The molecule has 2 aromatic rings. The summed E-state index contributed by atoms with van der Waals surface area (Å²) >= 11 is 1.44. The molecular formula is C11H9N3O3S. The van der Waals surface area contributed by atoms with Crippen LogP contribution in [0, 0.1) is 0 Å². The molecular weight excluding hydrogens is 254 g/mol. The molecule has 7 heteroatoms. The van der Waals surface area contributed by atoms with E-state index in [0.717, 1.165) is 5.69 Å². The average molecular weight is 263 g/mol. The van der Waals surface area contributed by atoms with Gasteiger partial charge in [-0.1, -0.05) is 0 Å². The lowest BCUT2D eigenvalue weighted by Gasteiger charge is -2.03. The fraction of sp³-hybridized carbons (Fsp3) is 0.0909. The highest BCUT2D eigenvalue weighted by Gasteiger charge is 2.10. The average Bonchev–Trinajstić information content (AvgIpc) is 2.89. The van der Waals surface area contributed by atoms with E-state index in [1.807, 2.05) is 5.38 Å². The molecule has 0 aliphatic carbocycles. The van der Waals surface area contributed by atoms with Crippen LogP contribution in [-0.2, 0) is 6.54 Å². The van der Waals surface area contributed by atoms with Crippen LogP contribution >= 0.6 is 11.3 Å². The number of carboxylic acids is 1. The largest absolute Gasteiger partial charge is 0.477 e. The van der Waals surface area contributed by atoms with Crippen molar-refractivity contribution >= 4 is 23.2 Å². The number of aromatic nitrogens is 2. The van der Waals surface area contributed by atoms with Crippen molar-refractivity contribution in [3.63, 3.8) is 0 Å². The van der Waals surface area contributed by atoms with Gasteiger partial charge in [0.2, 0.25) is 0 Å². The molecule has 0 saturated carbocycles. The van der Waals surface area contributed by atoms with Crippen molar-refractivity contribution in [3.8, 4) is 0 Å². The first-order chi connectivity index (χ1) is 8.66. The van der Waals surface area contributed by atoms with E-state index in [-0.39, 0.29) is 17.2 Å². The minimum atomic E-state index is -1.16. The third-order valence-electron chi connectivity index (χ3n) is 2.15. The predicted octanol–water partition coefficient (Wildman–Crippen LogP) is 1.17. The topological polar surface area (TPSA) is 92.2 Å². The summed E-state index contributed by atoms with van der Waals surface area (Å²) in [6, 6.07) is 2.70. The van der Waals surface area contributed by atoms with E-state index < -0.39 is 5.97 Å². The summed E-state index contributed by atoms with van der Waals surface area (Å²) in [6.07, 6.45) is 1.29. The van der Waals surface area contributed by atoms with E-state index in [2.05, 4.69) is 15.3 Å². The monoisotopic (exact) mass is 263 g/mol. The molecule has 0 fully saturated rings. The van der Waals surface area contributed by atoms with Crippen molar-refractivity contribution in [3.05, 3.63) is 46.2 Å². The lowest BCUT2D eigenvalue weighted by Crippen LogP contribution is -2.23. The Balaban J connectivity index is 2.04. The van der Waals surface area contributed by atoms with Crippen molar-refractivity contribution in [2.24, 2.45) is 0 Å². The molecule has 0 radical (unpaired) electrons. The highest BCUT2D eigenvalue weighted by atomic mass is 32.1. The van der Waals surface area contributed by atoms with Gasteiger partial charge < -0.3 is 10.4 Å². The molecule has 1 amide bonds. The van der Waals surface area contributed by atoms with Crippen molar-refractivity contribution in [1.29, 1.82) is 0 Å². The SMILES string of the molecule is O=C(NCc1cscn1)c1ccnc(C(=O)O)c1. The molecule has 92 valence electrons. The Bertz CT molecular complexity index is 569. The summed E-state index contributed by atoms with van der Waals surface area (Å²) in [5.41, 5.74) is 2.55. The standard InChI is InChI=1S/C11H9N3O3S/c15-10(13-4-8-5-18-6-14-8)7-1-2-12-9(3-7)11(16)17/h1-3,5-6H,4H2,(H,13,15)(H,16,17). The van der Waals surface area contributed by atoms with Crippen LogP contribution in [0.4, 0.5) is 0 Å². The van der Waals surface area contributed by atoms with Gasteiger partial charge in [-0.3, -0.25) is 4.79 Å². The summed E-state index contributed by atoms with van der Waals surface area (Å²) in [5, 5.41) is 13.2. The molecule has 2 heterocycles. The molecule has 0 saturated heterocycles. The van der Waals surface area contributed by atoms with Crippen molar-refractivity contribution in [2.75, 3.05) is 0 Å². The Kier molecular flexibility index (Phi) is 3.63. The maximum absolute atomic E-state index is 11.8. The van der Waals surface area contributed by atoms with Crippen LogP contribution in [0.15, 0.2) is 29.2 Å². The number of aromatic carboxylic acids is 1. The second-order valence-electron chi connectivity index (χ2n) is 3.40. The van der Waals surface area contributed by atoms with E-state index in [1.165, 1.54) is 29.7 Å². The van der Waals surface area contributed by atoms with Gasteiger partial charge in [-0.2, -0.15) is 0 Å². The minimum Gasteiger partial charge on any atom is -0.477 e. The number of pyridine rings is 1. The van der Waals surface area contributed by atoms with Gasteiger partial charge in [0.05, 0.1) is 17.7 Å². The van der Waals surface area contributed by atoms with Gasteiger partial charge >= 0.3 is 5.97 Å². The van der Waals surface area contributed by atoms with Gasteiger partial charge in [0.1, 0.15) is 5.69 Å². The van der Waals surface area contributed by atoms with Crippen LogP contribution in [0.1, 0.15) is 26.5 Å². The van der Waals surface area contributed by atoms with Crippen LogP contribution in [0.5, 0.6) is 0 Å². The van der Waals surface area contributed by atoms with Gasteiger partial charge in [-0.25, -0.2) is 14.8 Å². The number of carbonyl (C=O) groups excluding carboxylic acids is 1. The van der Waals surface area contributed by atoms with E-state index in [4.69, 9.17) is 5.11 Å². The number of carboxylic acid groups (broad SMARTS) is 1. The molecule has 18 heavy (non-hydrogen) atoms. The summed E-state index contributed by atoms with van der Waals surface area (Å²) in [6.45, 7) is 0.313. The highest BCUT2D eigenvalue weighted by Crippen LogP contribution is 2.04. The van der Waals surface area contributed by atoms with Crippen molar-refractivity contribution < 1.29 is 14.7 Å². The lowest BCUT2D eigenvalue weighted by molar-refractivity contribution is 0.0690. The van der Waals surface area contributed by atoms with Crippen LogP contribution in [0.2, 0.25) is 0 Å². The predicted molar refractivity (Wildman–Crippen MR) is 64.5 cm³/mol. The zero-order chi connectivity index (χ0) is 13.0. The van der Waals surface area contributed by atoms with E-state index in [1.54, 1.807) is 5.51 Å². The first-order valence-corrected chi connectivity index (χ1v) is 5.95. The van der Waals surface area contributed by atoms with Gasteiger partial charge in [-0.05, 0) is 12.1 Å². The molecule has 2 N–H and O–H groups in total. The smallest absolute Gasteiger partial charge is 0.354 e. The minimum absolute atomic E-state index is 0.156. The Morgan fingerprint density at radius 3 is 2.89 bits per heavy atom. The highest BCUT2D eigenvalue weighted by molar-refractivity contribution is 7.07. The van der Waals surface area contributed by atoms with Gasteiger partial charge in [-0.15, -0.1) is 11.3 Å². The molecule has 0 bridgehead atoms. The second kappa shape index (κ2) is 5.37. The molecule has 0 aliphatic heterocycles. The molecule has 6 nitrogen and oxygen atoms in total. The maximum atomic E-state index is 11.8. The normalized spacial score (nSPS) is 10.0. The van der Waals surface area contributed by atoms with Crippen molar-refractivity contribution in [1.82, 2.24) is 15.3 Å². The zero-order valence-corrected chi connectivity index (χ0v) is 9.98. The van der Waals surface area contributed by atoms with Gasteiger partial charge in [0.25, 0.3) is 5.91 Å². The van der Waals surface area contributed by atoms with Crippen LogP contribution < -0.4 is 5.32 Å². The molecule has 0 unspecified atom stereocenters. The van der Waals surface area contributed by atoms with Gasteiger partial charge in [0, 0.05) is 17.1 Å². The Morgan fingerprint density at radius 1 is 1.39 bits per heavy atom. The molecule has 0 aromatic carbocycles. The number of amides is 1. The summed E-state index contributed by atoms with van der Waals surface area (Å²) in [7, 11) is 0. The molecule has 2 rings (SSSR count). The zero-order valence-electron chi connectivity index (χ0n) is 9.16. The number of thiazole rings is 1. The number of rotatable bonds is 4. The summed E-state index contributed by atoms with van der Waals surface area (Å²) < 4.78 is 0. The number of nitrogens with zero attached hydrogens (tertiary/aromatic N) is 2. The molecule has 0 spiro atoms. The maximum Gasteiger partial charge on any atom is 0.354 e. The molecule has 0 atom stereocenters. The number of hydrogen-bond donors (Lipinski definition) is 2. The quantitative estimate of drug-likeness (QED) is 0.863. The van der Waals surface area contributed by atoms with Crippen LogP contribution in [0.25, 0.3) is 0 Å². The molecule has 2 aromatic heterocycles. The third kappa shape index (κ3) is 2.89. The molecule has 0 aliphatic rings. The van der Waals surface area contributed by atoms with Gasteiger partial charge in [0.15, 0.2) is 0 Å². The number of carbonyl (C=O) groups is 2. The Hall–Kier alpha value is -2.28. The number of hydrogen-bond acceptors (Lipinski definition) is 5. The van der Waals surface area contributed by atoms with Crippen LogP contribution in [-0.4, -0.2) is 27.0 Å². The first-order valence-electron chi connectivity index (χ1n) is 5.01. The fourth-order valence-electron chi connectivity index (χ4n) is 1.29.